The van der Waals surface area contributed by atoms with Crippen molar-refractivity contribution < 1.29 is 13.8 Å². The quantitative estimate of drug-likeness (QED) is 0.572. The maximum absolute atomic E-state index is 12.4. The molecule has 0 aromatic heterocycles. The van der Waals surface area contributed by atoms with Gasteiger partial charge in [0, 0.05) is 5.46 Å². The monoisotopic (exact) mass is 141 g/mol. The Labute approximate surface area is 57.6 Å². The minimum atomic E-state index is -0.762. The molecule has 4 heteroatoms. The lowest BCUT2D eigenvalue weighted by Crippen LogP contribution is -2.14. The molecule has 0 aliphatic carbocycles. The van der Waals surface area contributed by atoms with E-state index in [0.717, 1.165) is 6.07 Å². The van der Waals surface area contributed by atoms with Gasteiger partial charge in [0.15, 0.2) is 0 Å². The lowest BCUT2D eigenvalue weighted by Gasteiger charge is -1.97. The molecule has 1 aromatic rings. The molecular formula is C6H4BF2O. The summed E-state index contributed by atoms with van der Waals surface area (Å²) < 4.78 is 24.1. The predicted octanol–water partition coefficient (Wildman–Crippen LogP) is 0.745. The number of hydrogen-bond acceptors (Lipinski definition) is 1. The molecule has 1 rings (SSSR count). The van der Waals surface area contributed by atoms with Crippen LogP contribution in [0.1, 0.15) is 0 Å². The van der Waals surface area contributed by atoms with E-state index in [9.17, 15) is 8.71 Å². The maximum atomic E-state index is 12.4. The van der Waals surface area contributed by atoms with Gasteiger partial charge in [-0.1, -0.05) is 6.07 Å². The Kier molecular flexibility index (Phi) is 1.90. The Morgan fingerprint density at radius 2 is 2.10 bits per heavy atom. The van der Waals surface area contributed by atoms with Gasteiger partial charge in [-0.3, -0.25) is 0 Å². The summed E-state index contributed by atoms with van der Waals surface area (Å²) in [5.74, 6) is -1.15. The molecule has 1 nitrogen and oxygen atoms in total. The average Bonchev–Trinajstić information content (AvgIpc) is 1.88. The van der Waals surface area contributed by atoms with E-state index in [0.29, 0.717) is 0 Å². The Hall–Kier alpha value is -1.06. The van der Waals surface area contributed by atoms with Crippen LogP contribution in [-0.4, -0.2) is 12.7 Å². The van der Waals surface area contributed by atoms with Crippen molar-refractivity contribution in [2.24, 2.45) is 0 Å². The molecule has 1 N–H and O–H groups in total. The van der Waals surface area contributed by atoms with Gasteiger partial charge < -0.3 is 9.42 Å². The lowest BCUT2D eigenvalue weighted by molar-refractivity contribution is 0.474. The first-order chi connectivity index (χ1) is 4.75. The zero-order chi connectivity index (χ0) is 7.56. The minimum Gasteiger partial charge on any atom is -0.508 e. The van der Waals surface area contributed by atoms with E-state index in [-0.39, 0.29) is 13.3 Å². The van der Waals surface area contributed by atoms with E-state index in [4.69, 9.17) is 5.11 Å². The Morgan fingerprint density at radius 1 is 1.40 bits per heavy atom. The summed E-state index contributed by atoms with van der Waals surface area (Å²) >= 11 is 0. The van der Waals surface area contributed by atoms with E-state index in [1.54, 1.807) is 0 Å². The fraction of sp³-hybridized carbons (Fsp3) is 0. The highest BCUT2D eigenvalue weighted by Gasteiger charge is 2.07. The molecule has 1 aromatic carbocycles. The van der Waals surface area contributed by atoms with Crippen molar-refractivity contribution in [3.63, 3.8) is 0 Å². The summed E-state index contributed by atoms with van der Waals surface area (Å²) in [5.41, 5.74) is -0.400. The van der Waals surface area contributed by atoms with Gasteiger partial charge in [-0.05, 0) is 12.1 Å². The third-order valence-electron chi connectivity index (χ3n) is 1.14. The number of benzene rings is 1. The third kappa shape index (κ3) is 1.10. The van der Waals surface area contributed by atoms with Gasteiger partial charge in [0.1, 0.15) is 11.6 Å². The van der Waals surface area contributed by atoms with E-state index < -0.39 is 11.3 Å². The van der Waals surface area contributed by atoms with Crippen LogP contribution in [0, 0.1) is 5.82 Å². The lowest BCUT2D eigenvalue weighted by atomic mass is 9.90. The van der Waals surface area contributed by atoms with Crippen molar-refractivity contribution in [1.82, 2.24) is 0 Å². The van der Waals surface area contributed by atoms with Gasteiger partial charge in [-0.2, -0.15) is 0 Å². The minimum absolute atomic E-state index is 0.0324. The van der Waals surface area contributed by atoms with Crippen LogP contribution in [0.3, 0.4) is 0 Å². The van der Waals surface area contributed by atoms with E-state index in [1.807, 2.05) is 0 Å². The van der Waals surface area contributed by atoms with Crippen LogP contribution in [0.5, 0.6) is 5.75 Å². The summed E-state index contributed by atoms with van der Waals surface area (Å²) in [6.07, 6.45) is 0. The topological polar surface area (TPSA) is 20.2 Å². The molecule has 0 heterocycles. The first kappa shape index (κ1) is 7.06. The summed E-state index contributed by atoms with van der Waals surface area (Å²) in [5, 5.41) is 8.78. The smallest absolute Gasteiger partial charge is 0.398 e. The zero-order valence-electron chi connectivity index (χ0n) is 5.01. The second-order valence-corrected chi connectivity index (χ2v) is 1.78. The van der Waals surface area contributed by atoms with Crippen LogP contribution in [0.4, 0.5) is 8.71 Å². The molecule has 51 valence electrons. The molecule has 10 heavy (non-hydrogen) atoms. The largest absolute Gasteiger partial charge is 0.508 e. The van der Waals surface area contributed by atoms with Crippen LogP contribution >= 0.6 is 0 Å². The molecule has 0 aliphatic heterocycles. The predicted molar refractivity (Wildman–Crippen MR) is 34.6 cm³/mol. The molecule has 0 spiro atoms. The van der Waals surface area contributed by atoms with Crippen LogP contribution in [-0.2, 0) is 0 Å². The van der Waals surface area contributed by atoms with Gasteiger partial charge in [-0.25, -0.2) is 4.39 Å². The van der Waals surface area contributed by atoms with Crippen molar-refractivity contribution >= 4 is 13.0 Å². The highest BCUT2D eigenvalue weighted by atomic mass is 19.1. The van der Waals surface area contributed by atoms with Crippen molar-refractivity contribution in [3.05, 3.63) is 24.0 Å². The number of halogens is 2. The van der Waals surface area contributed by atoms with Gasteiger partial charge in [0.05, 0.1) is 0 Å². The van der Waals surface area contributed by atoms with Crippen LogP contribution in [0.25, 0.3) is 0 Å². The first-order valence-corrected chi connectivity index (χ1v) is 2.66. The van der Waals surface area contributed by atoms with Crippen molar-refractivity contribution in [2.45, 2.75) is 0 Å². The summed E-state index contributed by atoms with van der Waals surface area (Å²) in [7, 11) is 0.0324. The Morgan fingerprint density at radius 3 is 2.50 bits per heavy atom. The fourth-order valence-corrected chi connectivity index (χ4v) is 0.634. The summed E-state index contributed by atoms with van der Waals surface area (Å²) in [6.45, 7) is 0. The molecule has 0 aliphatic rings. The van der Waals surface area contributed by atoms with E-state index >= 15 is 0 Å². The molecule has 0 bridgehead atoms. The van der Waals surface area contributed by atoms with Crippen molar-refractivity contribution in [1.29, 1.82) is 0 Å². The number of aromatic hydroxyl groups is 1. The molecule has 0 saturated heterocycles. The third-order valence-corrected chi connectivity index (χ3v) is 1.14. The molecule has 0 amide bonds. The van der Waals surface area contributed by atoms with E-state index in [1.165, 1.54) is 12.1 Å². The van der Waals surface area contributed by atoms with Crippen molar-refractivity contribution in [2.75, 3.05) is 0 Å². The standard InChI is InChI=1S/C6H4BF2O/c8-4-2-1-3-5(10)6(4)7-9/h1-3,10H. The molecule has 0 saturated carbocycles. The van der Waals surface area contributed by atoms with Gasteiger partial charge >= 0.3 is 7.56 Å². The molecule has 0 fully saturated rings. The van der Waals surface area contributed by atoms with Crippen molar-refractivity contribution in [3.8, 4) is 5.75 Å². The number of rotatable bonds is 1. The highest BCUT2D eigenvalue weighted by molar-refractivity contribution is 6.47. The van der Waals surface area contributed by atoms with Gasteiger partial charge in [0.2, 0.25) is 0 Å². The van der Waals surface area contributed by atoms with Gasteiger partial charge in [0.25, 0.3) is 0 Å². The van der Waals surface area contributed by atoms with E-state index in [2.05, 4.69) is 0 Å². The second kappa shape index (κ2) is 2.69. The van der Waals surface area contributed by atoms with Crippen LogP contribution in [0.15, 0.2) is 18.2 Å². The number of phenolic OH excluding ortho intramolecular Hbond substituents is 1. The van der Waals surface area contributed by atoms with Crippen LogP contribution < -0.4 is 5.46 Å². The second-order valence-electron chi connectivity index (χ2n) is 1.78. The molecule has 1 radical (unpaired) electrons. The van der Waals surface area contributed by atoms with Gasteiger partial charge in [-0.15, -0.1) is 0 Å². The fourth-order valence-electron chi connectivity index (χ4n) is 0.634. The number of phenols is 1. The van der Waals surface area contributed by atoms with Crippen LogP contribution in [0.2, 0.25) is 0 Å². The first-order valence-electron chi connectivity index (χ1n) is 2.66. The molecule has 0 unspecified atom stereocenters. The average molecular weight is 141 g/mol. The molecular weight excluding hydrogens is 137 g/mol. The SMILES string of the molecule is Oc1cccc(F)c1[B]F. The summed E-state index contributed by atoms with van der Waals surface area (Å²) in [4.78, 5) is 0. The Bertz CT molecular complexity index is 219. The number of hydrogen-bond donors (Lipinski definition) is 1. The summed E-state index contributed by atoms with van der Waals surface area (Å²) in [6, 6.07) is 3.59. The normalized spacial score (nSPS) is 9.40. The molecule has 0 atom stereocenters. The highest BCUT2D eigenvalue weighted by Crippen LogP contribution is 2.05. The Balaban J connectivity index is 3.17. The maximum Gasteiger partial charge on any atom is 0.398 e. The zero-order valence-corrected chi connectivity index (χ0v) is 5.01.